The molecule has 3 aromatic heterocycles. The Hall–Kier alpha value is -2.76. The van der Waals surface area contributed by atoms with Gasteiger partial charge in [0.25, 0.3) is 5.91 Å². The molecule has 0 N–H and O–H groups in total. The fourth-order valence-electron chi connectivity index (χ4n) is 3.17. The van der Waals surface area contributed by atoms with Gasteiger partial charge in [-0.2, -0.15) is 23.3 Å². The van der Waals surface area contributed by atoms with E-state index in [1.54, 1.807) is 4.90 Å². The SMILES string of the molecule is Cc1cc(C(F)(F)F)n(-c2nc(C(=O)N3CCC(c4ncon4)CC3)cs2)n1. The van der Waals surface area contributed by atoms with Gasteiger partial charge in [-0.25, -0.2) is 9.67 Å². The van der Waals surface area contributed by atoms with Gasteiger partial charge in [-0.1, -0.05) is 5.16 Å². The molecule has 0 saturated carbocycles. The normalized spacial score (nSPS) is 15.9. The number of hydrogen-bond donors (Lipinski definition) is 0. The van der Waals surface area contributed by atoms with E-state index >= 15 is 0 Å². The first-order valence-corrected chi connectivity index (χ1v) is 9.36. The number of halogens is 3. The maximum Gasteiger partial charge on any atom is 0.433 e. The lowest BCUT2D eigenvalue weighted by Crippen LogP contribution is -2.38. The number of rotatable bonds is 3. The summed E-state index contributed by atoms with van der Waals surface area (Å²) in [5, 5.41) is 9.16. The van der Waals surface area contributed by atoms with Crippen molar-refractivity contribution < 1.29 is 22.5 Å². The summed E-state index contributed by atoms with van der Waals surface area (Å²) in [4.78, 5) is 22.5. The van der Waals surface area contributed by atoms with E-state index in [4.69, 9.17) is 4.52 Å². The summed E-state index contributed by atoms with van der Waals surface area (Å²) in [6.07, 6.45) is -1.93. The Labute approximate surface area is 161 Å². The number of hydrogen-bond acceptors (Lipinski definition) is 7. The smallest absolute Gasteiger partial charge is 0.343 e. The summed E-state index contributed by atoms with van der Waals surface area (Å²) >= 11 is 0.947. The molecule has 0 unspecified atom stereocenters. The Balaban J connectivity index is 1.49. The van der Waals surface area contributed by atoms with E-state index in [0.29, 0.717) is 31.8 Å². The molecule has 148 valence electrons. The molecule has 0 atom stereocenters. The highest BCUT2D eigenvalue weighted by Crippen LogP contribution is 2.32. The molecule has 4 heterocycles. The number of nitrogens with zero attached hydrogens (tertiary/aromatic N) is 6. The van der Waals surface area contributed by atoms with Gasteiger partial charge < -0.3 is 9.42 Å². The van der Waals surface area contributed by atoms with Gasteiger partial charge in [0.1, 0.15) is 5.69 Å². The first-order valence-electron chi connectivity index (χ1n) is 8.48. The van der Waals surface area contributed by atoms with Crippen molar-refractivity contribution in [2.24, 2.45) is 0 Å². The summed E-state index contributed by atoms with van der Waals surface area (Å²) in [6, 6.07) is 0.950. The van der Waals surface area contributed by atoms with Crippen LogP contribution in [-0.4, -0.2) is 48.8 Å². The van der Waals surface area contributed by atoms with Crippen LogP contribution in [-0.2, 0) is 6.18 Å². The lowest BCUT2D eigenvalue weighted by atomic mass is 9.96. The Morgan fingerprint density at radius 3 is 2.71 bits per heavy atom. The standard InChI is InChI=1S/C16H15F3N6O2S/c1-9-6-12(16(17,18)19)25(22-9)15-21-11(7-28-15)14(26)24-4-2-10(3-5-24)13-20-8-27-23-13/h6-8,10H,2-5H2,1H3. The van der Waals surface area contributed by atoms with E-state index in [0.717, 1.165) is 22.1 Å². The van der Waals surface area contributed by atoms with Crippen LogP contribution in [0.1, 0.15) is 46.5 Å². The predicted octanol–water partition coefficient (Wildman–Crippen LogP) is 3.06. The minimum Gasteiger partial charge on any atom is -0.343 e. The molecule has 1 saturated heterocycles. The molecule has 0 radical (unpaired) electrons. The first-order chi connectivity index (χ1) is 13.3. The molecular weight excluding hydrogens is 397 g/mol. The third-order valence-corrected chi connectivity index (χ3v) is 5.36. The second-order valence-corrected chi connectivity index (χ2v) is 7.29. The van der Waals surface area contributed by atoms with E-state index < -0.39 is 11.9 Å². The van der Waals surface area contributed by atoms with E-state index in [2.05, 4.69) is 20.2 Å². The van der Waals surface area contributed by atoms with Crippen molar-refractivity contribution in [3.8, 4) is 5.13 Å². The summed E-state index contributed by atoms with van der Waals surface area (Å²) in [5.41, 5.74) is -0.586. The highest BCUT2D eigenvalue weighted by molar-refractivity contribution is 7.12. The van der Waals surface area contributed by atoms with Crippen LogP contribution in [0.4, 0.5) is 13.2 Å². The van der Waals surface area contributed by atoms with Crippen molar-refractivity contribution in [3.63, 3.8) is 0 Å². The summed E-state index contributed by atoms with van der Waals surface area (Å²) < 4.78 is 45.0. The number of alkyl halides is 3. The second-order valence-electron chi connectivity index (χ2n) is 6.45. The van der Waals surface area contributed by atoms with Crippen LogP contribution < -0.4 is 0 Å². The van der Waals surface area contributed by atoms with Crippen LogP contribution in [0.2, 0.25) is 0 Å². The second kappa shape index (κ2) is 7.00. The molecule has 28 heavy (non-hydrogen) atoms. The number of aromatic nitrogens is 5. The average molecular weight is 412 g/mol. The monoisotopic (exact) mass is 412 g/mol. The van der Waals surface area contributed by atoms with Crippen LogP contribution in [0, 0.1) is 6.92 Å². The van der Waals surface area contributed by atoms with E-state index in [-0.39, 0.29) is 28.3 Å². The Bertz CT molecular complexity index is 973. The summed E-state index contributed by atoms with van der Waals surface area (Å²) in [7, 11) is 0. The van der Waals surface area contributed by atoms with Gasteiger partial charge in [-0.3, -0.25) is 4.79 Å². The van der Waals surface area contributed by atoms with Crippen molar-refractivity contribution in [2.75, 3.05) is 13.1 Å². The van der Waals surface area contributed by atoms with Gasteiger partial charge in [-0.15, -0.1) is 11.3 Å². The molecule has 3 aromatic rings. The highest BCUT2D eigenvalue weighted by atomic mass is 32.1. The van der Waals surface area contributed by atoms with Gasteiger partial charge in [0, 0.05) is 24.4 Å². The zero-order chi connectivity index (χ0) is 19.9. The van der Waals surface area contributed by atoms with E-state index in [1.165, 1.54) is 18.7 Å². The molecule has 12 heteroatoms. The molecule has 0 aliphatic carbocycles. The quantitative estimate of drug-likeness (QED) is 0.657. The Kier molecular flexibility index (Phi) is 4.65. The van der Waals surface area contributed by atoms with Crippen molar-refractivity contribution in [2.45, 2.75) is 31.9 Å². The van der Waals surface area contributed by atoms with Crippen LogP contribution in [0.3, 0.4) is 0 Å². The molecule has 8 nitrogen and oxygen atoms in total. The van der Waals surface area contributed by atoms with E-state index in [9.17, 15) is 18.0 Å². The van der Waals surface area contributed by atoms with Gasteiger partial charge in [0.2, 0.25) is 11.5 Å². The predicted molar refractivity (Wildman–Crippen MR) is 91.2 cm³/mol. The minimum atomic E-state index is -4.56. The maximum absolute atomic E-state index is 13.2. The van der Waals surface area contributed by atoms with Gasteiger partial charge in [0.05, 0.1) is 5.69 Å². The topological polar surface area (TPSA) is 89.9 Å². The van der Waals surface area contributed by atoms with Crippen molar-refractivity contribution in [1.82, 2.24) is 29.8 Å². The van der Waals surface area contributed by atoms with Crippen molar-refractivity contribution in [1.29, 1.82) is 0 Å². The maximum atomic E-state index is 13.2. The average Bonchev–Trinajstić information content (AvgIpc) is 3.40. The zero-order valence-electron chi connectivity index (χ0n) is 14.7. The van der Waals surface area contributed by atoms with Crippen LogP contribution in [0.15, 0.2) is 22.4 Å². The lowest BCUT2D eigenvalue weighted by molar-refractivity contribution is -0.142. The summed E-state index contributed by atoms with van der Waals surface area (Å²) in [5.74, 6) is 0.429. The molecule has 0 aromatic carbocycles. The Morgan fingerprint density at radius 1 is 1.32 bits per heavy atom. The number of thiazole rings is 1. The van der Waals surface area contributed by atoms with Crippen molar-refractivity contribution >= 4 is 17.2 Å². The van der Waals surface area contributed by atoms with Gasteiger partial charge in [0.15, 0.2) is 11.5 Å². The Morgan fingerprint density at radius 2 is 2.07 bits per heavy atom. The third kappa shape index (κ3) is 3.51. The number of carbonyl (C=O) groups excluding carboxylic acids is 1. The fourth-order valence-corrected chi connectivity index (χ4v) is 3.93. The number of amides is 1. The van der Waals surface area contributed by atoms with Gasteiger partial charge in [-0.05, 0) is 25.8 Å². The fraction of sp³-hybridized carbons (Fsp3) is 0.438. The van der Waals surface area contributed by atoms with Crippen LogP contribution >= 0.6 is 11.3 Å². The number of piperidine rings is 1. The molecule has 1 aliphatic heterocycles. The summed E-state index contributed by atoms with van der Waals surface area (Å²) in [6.45, 7) is 2.44. The molecule has 1 amide bonds. The largest absolute Gasteiger partial charge is 0.433 e. The lowest BCUT2D eigenvalue weighted by Gasteiger charge is -2.30. The van der Waals surface area contributed by atoms with Gasteiger partial charge >= 0.3 is 6.18 Å². The van der Waals surface area contributed by atoms with Crippen LogP contribution in [0.5, 0.6) is 0 Å². The molecule has 1 fully saturated rings. The highest BCUT2D eigenvalue weighted by Gasteiger charge is 2.37. The number of likely N-dealkylation sites (tertiary alicyclic amines) is 1. The number of aryl methyl sites for hydroxylation is 1. The van der Waals surface area contributed by atoms with Crippen LogP contribution in [0.25, 0.3) is 5.13 Å². The third-order valence-electron chi connectivity index (χ3n) is 4.54. The molecule has 4 rings (SSSR count). The van der Waals surface area contributed by atoms with E-state index in [1.807, 2.05) is 0 Å². The number of carbonyl (C=O) groups is 1. The molecule has 1 aliphatic rings. The van der Waals surface area contributed by atoms with Crippen molar-refractivity contribution in [3.05, 3.63) is 40.7 Å². The molecule has 0 spiro atoms. The molecular formula is C16H15F3N6O2S. The zero-order valence-corrected chi connectivity index (χ0v) is 15.5. The molecule has 0 bridgehead atoms. The first kappa shape index (κ1) is 18.6. The minimum absolute atomic E-state index is 0.00505.